The maximum atomic E-state index is 10.8. The van der Waals surface area contributed by atoms with Gasteiger partial charge in [0.15, 0.2) is 0 Å². The molecule has 0 spiro atoms. The zero-order chi connectivity index (χ0) is 7.49. The minimum Gasteiger partial charge on any atom is -0.229 e. The molecule has 0 aromatic carbocycles. The third-order valence-electron chi connectivity index (χ3n) is 1.38. The van der Waals surface area contributed by atoms with E-state index in [2.05, 4.69) is 6.92 Å². The zero-order valence-corrected chi connectivity index (χ0v) is 6.74. The molecular formula is C6H13O2S. The van der Waals surface area contributed by atoms with Crippen molar-refractivity contribution in [2.24, 2.45) is 0 Å². The van der Waals surface area contributed by atoms with Crippen LogP contribution in [0.4, 0.5) is 0 Å². The molecule has 1 atom stereocenters. The monoisotopic (exact) mass is 149 g/mol. The Morgan fingerprint density at radius 1 is 1.56 bits per heavy atom. The fourth-order valence-corrected chi connectivity index (χ4v) is 1.75. The molecule has 0 aromatic rings. The van der Waals surface area contributed by atoms with E-state index in [9.17, 15) is 8.42 Å². The predicted octanol–water partition coefficient (Wildman–Crippen LogP) is 1.03. The van der Waals surface area contributed by atoms with E-state index in [4.69, 9.17) is 0 Å². The third kappa shape index (κ3) is 2.84. The van der Waals surface area contributed by atoms with Gasteiger partial charge in [-0.25, -0.2) is 8.42 Å². The third-order valence-corrected chi connectivity index (χ3v) is 3.16. The molecule has 0 aromatic heterocycles. The van der Waals surface area contributed by atoms with Crippen molar-refractivity contribution in [1.29, 1.82) is 0 Å². The Morgan fingerprint density at radius 2 is 2.00 bits per heavy atom. The average molecular weight is 149 g/mol. The molecule has 0 bridgehead atoms. The fourth-order valence-electron chi connectivity index (χ4n) is 0.721. The maximum absolute atomic E-state index is 10.8. The van der Waals surface area contributed by atoms with E-state index in [1.807, 2.05) is 6.92 Å². The topological polar surface area (TPSA) is 34.1 Å². The highest BCUT2D eigenvalue weighted by Gasteiger charge is 2.14. The number of sulfone groups is 1. The summed E-state index contributed by atoms with van der Waals surface area (Å²) in [4.78, 5) is 0. The highest BCUT2D eigenvalue weighted by Crippen LogP contribution is 2.06. The molecule has 0 aliphatic rings. The lowest BCUT2D eigenvalue weighted by Gasteiger charge is -2.07. The van der Waals surface area contributed by atoms with Crippen molar-refractivity contribution in [2.45, 2.75) is 25.0 Å². The summed E-state index contributed by atoms with van der Waals surface area (Å²) in [6.07, 6.45) is 2.41. The second-order valence-electron chi connectivity index (χ2n) is 2.15. The summed E-state index contributed by atoms with van der Waals surface area (Å²) in [7, 11) is -2.83. The minimum atomic E-state index is -2.83. The van der Waals surface area contributed by atoms with Gasteiger partial charge in [0.1, 0.15) is 9.84 Å². The summed E-state index contributed by atoms with van der Waals surface area (Å²) >= 11 is 0. The summed E-state index contributed by atoms with van der Waals surface area (Å²) in [5.41, 5.74) is 0. The first-order chi connectivity index (χ1) is 4.02. The molecule has 0 amide bonds. The van der Waals surface area contributed by atoms with E-state index in [1.165, 1.54) is 6.26 Å². The molecule has 1 radical (unpaired) electrons. The van der Waals surface area contributed by atoms with Crippen LogP contribution in [0.5, 0.6) is 0 Å². The first-order valence-electron chi connectivity index (χ1n) is 3.00. The van der Waals surface area contributed by atoms with Crippen LogP contribution in [0, 0.1) is 6.92 Å². The van der Waals surface area contributed by atoms with Gasteiger partial charge in [0.25, 0.3) is 0 Å². The lowest BCUT2D eigenvalue weighted by molar-refractivity contribution is 0.581. The molecule has 0 aliphatic carbocycles. The molecule has 55 valence electrons. The molecule has 0 saturated carbocycles. The summed E-state index contributed by atoms with van der Waals surface area (Å²) in [6.45, 7) is 5.40. The minimum absolute atomic E-state index is 0.238. The highest BCUT2D eigenvalue weighted by molar-refractivity contribution is 7.91. The lowest BCUT2D eigenvalue weighted by Crippen LogP contribution is -2.17. The molecule has 3 heteroatoms. The average Bonchev–Trinajstić information content (AvgIpc) is 1.65. The van der Waals surface area contributed by atoms with Gasteiger partial charge in [-0.2, -0.15) is 0 Å². The van der Waals surface area contributed by atoms with Gasteiger partial charge in [-0.15, -0.1) is 0 Å². The molecule has 0 saturated heterocycles. The molecular weight excluding hydrogens is 136 g/mol. The SMILES string of the molecule is [CH2]CC(CC)S(C)(=O)=O. The molecule has 0 heterocycles. The Hall–Kier alpha value is -0.0500. The van der Waals surface area contributed by atoms with Crippen LogP contribution in [0.15, 0.2) is 0 Å². The molecule has 0 rings (SSSR count). The van der Waals surface area contributed by atoms with E-state index in [0.29, 0.717) is 12.8 Å². The first kappa shape index (κ1) is 8.95. The molecule has 0 N–H and O–H groups in total. The first-order valence-corrected chi connectivity index (χ1v) is 4.96. The Balaban J connectivity index is 4.14. The Labute approximate surface area is 57.2 Å². The van der Waals surface area contributed by atoms with Crippen molar-refractivity contribution in [1.82, 2.24) is 0 Å². The molecule has 1 unspecified atom stereocenters. The second-order valence-corrected chi connectivity index (χ2v) is 4.47. The predicted molar refractivity (Wildman–Crippen MR) is 38.9 cm³/mol. The van der Waals surface area contributed by atoms with Crippen LogP contribution in [0.3, 0.4) is 0 Å². The summed E-state index contributed by atoms with van der Waals surface area (Å²) < 4.78 is 21.5. The van der Waals surface area contributed by atoms with Gasteiger partial charge in [0, 0.05) is 6.26 Å². The van der Waals surface area contributed by atoms with Gasteiger partial charge in [0.2, 0.25) is 0 Å². The van der Waals surface area contributed by atoms with Gasteiger partial charge in [-0.05, 0) is 12.8 Å². The van der Waals surface area contributed by atoms with Gasteiger partial charge >= 0.3 is 0 Å². The number of rotatable bonds is 3. The van der Waals surface area contributed by atoms with Crippen LogP contribution >= 0.6 is 0 Å². The summed E-state index contributed by atoms with van der Waals surface area (Å²) in [6, 6.07) is 0. The van der Waals surface area contributed by atoms with Crippen molar-refractivity contribution >= 4 is 9.84 Å². The van der Waals surface area contributed by atoms with E-state index < -0.39 is 9.84 Å². The van der Waals surface area contributed by atoms with Crippen molar-refractivity contribution in [2.75, 3.05) is 6.26 Å². The molecule has 2 nitrogen and oxygen atoms in total. The van der Waals surface area contributed by atoms with E-state index >= 15 is 0 Å². The summed E-state index contributed by atoms with van der Waals surface area (Å²) in [5.74, 6) is 0. The molecule has 9 heavy (non-hydrogen) atoms. The Kier molecular flexibility index (Phi) is 3.18. The van der Waals surface area contributed by atoms with Crippen LogP contribution in [0.1, 0.15) is 19.8 Å². The van der Waals surface area contributed by atoms with Gasteiger partial charge < -0.3 is 0 Å². The van der Waals surface area contributed by atoms with Crippen molar-refractivity contribution in [3.8, 4) is 0 Å². The molecule has 0 aliphatic heterocycles. The summed E-state index contributed by atoms with van der Waals surface area (Å²) in [5, 5.41) is -0.238. The van der Waals surface area contributed by atoms with Gasteiger partial charge in [-0.3, -0.25) is 0 Å². The van der Waals surface area contributed by atoms with Crippen LogP contribution in [-0.4, -0.2) is 19.9 Å². The fraction of sp³-hybridized carbons (Fsp3) is 0.833. The number of hydrogen-bond donors (Lipinski definition) is 0. The Morgan fingerprint density at radius 3 is 2.00 bits per heavy atom. The van der Waals surface area contributed by atoms with Gasteiger partial charge in [0.05, 0.1) is 5.25 Å². The van der Waals surface area contributed by atoms with Crippen molar-refractivity contribution in [3.63, 3.8) is 0 Å². The van der Waals surface area contributed by atoms with Crippen molar-refractivity contribution < 1.29 is 8.42 Å². The van der Waals surface area contributed by atoms with Crippen molar-refractivity contribution in [3.05, 3.63) is 6.92 Å². The second kappa shape index (κ2) is 3.20. The maximum Gasteiger partial charge on any atom is 0.150 e. The van der Waals surface area contributed by atoms with Crippen LogP contribution < -0.4 is 0 Å². The largest absolute Gasteiger partial charge is 0.229 e. The van der Waals surface area contributed by atoms with Gasteiger partial charge in [-0.1, -0.05) is 13.8 Å². The van der Waals surface area contributed by atoms with Crippen LogP contribution in [0.25, 0.3) is 0 Å². The van der Waals surface area contributed by atoms with E-state index in [1.54, 1.807) is 0 Å². The Bertz CT molecular complexity index is 154. The van der Waals surface area contributed by atoms with Crippen LogP contribution in [0.2, 0.25) is 0 Å². The standard InChI is InChI=1S/C6H13O2S/c1-4-6(5-2)9(3,7)8/h6H,1,4-5H2,2-3H3. The zero-order valence-electron chi connectivity index (χ0n) is 5.92. The highest BCUT2D eigenvalue weighted by atomic mass is 32.2. The normalized spacial score (nSPS) is 12.4. The lowest BCUT2D eigenvalue weighted by atomic mass is 10.3. The molecule has 0 fully saturated rings. The van der Waals surface area contributed by atoms with E-state index in [-0.39, 0.29) is 5.25 Å². The van der Waals surface area contributed by atoms with E-state index in [0.717, 1.165) is 0 Å². The quantitative estimate of drug-likeness (QED) is 0.600. The number of hydrogen-bond acceptors (Lipinski definition) is 2. The van der Waals surface area contributed by atoms with Crippen LogP contribution in [-0.2, 0) is 9.84 Å². The smallest absolute Gasteiger partial charge is 0.150 e.